The van der Waals surface area contributed by atoms with Gasteiger partial charge in [0.15, 0.2) is 0 Å². The lowest BCUT2D eigenvalue weighted by molar-refractivity contribution is -0.124. The predicted octanol–water partition coefficient (Wildman–Crippen LogP) is 0.275. The normalized spacial score (nSPS) is 20.6. The number of hydrogen-bond acceptors (Lipinski definition) is 4. The summed E-state index contributed by atoms with van der Waals surface area (Å²) in [5.74, 6) is -0.304. The van der Waals surface area contributed by atoms with Crippen LogP contribution in [0, 0.1) is 0 Å². The number of carbonyl (C=O) groups is 2. The van der Waals surface area contributed by atoms with Crippen molar-refractivity contribution in [3.8, 4) is 0 Å². The predicted molar refractivity (Wildman–Crippen MR) is 87.1 cm³/mol. The molecule has 1 fully saturated rings. The highest BCUT2D eigenvalue weighted by Crippen LogP contribution is 2.14. The van der Waals surface area contributed by atoms with Gasteiger partial charge in [0.2, 0.25) is 5.91 Å². The number of hydrogen-bond donors (Lipinski definition) is 2. The van der Waals surface area contributed by atoms with Crippen molar-refractivity contribution in [2.75, 3.05) is 13.1 Å². The quantitative estimate of drug-likeness (QED) is 0.844. The summed E-state index contributed by atoms with van der Waals surface area (Å²) in [6.07, 6.45) is 3.05. The molecule has 1 aliphatic heterocycles. The molecule has 0 spiro atoms. The number of benzene rings is 1. The third-order valence-corrected chi connectivity index (χ3v) is 4.10. The number of aliphatic hydroxyl groups is 1. The van der Waals surface area contributed by atoms with Crippen molar-refractivity contribution < 1.29 is 14.7 Å². The van der Waals surface area contributed by atoms with Gasteiger partial charge in [0.05, 0.1) is 12.1 Å². The van der Waals surface area contributed by atoms with Gasteiger partial charge >= 0.3 is 0 Å². The Kier molecular flexibility index (Phi) is 4.90. The number of rotatable bonds is 4. The first-order valence-corrected chi connectivity index (χ1v) is 7.92. The first-order valence-electron chi connectivity index (χ1n) is 7.92. The summed E-state index contributed by atoms with van der Waals surface area (Å²) in [6, 6.07) is 10.4. The third kappa shape index (κ3) is 3.80. The summed E-state index contributed by atoms with van der Waals surface area (Å²) in [5.41, 5.74) is 0.603. The van der Waals surface area contributed by atoms with Crippen LogP contribution in [0.3, 0.4) is 0 Å². The van der Waals surface area contributed by atoms with Gasteiger partial charge in [-0.1, -0.05) is 18.2 Å². The van der Waals surface area contributed by atoms with Gasteiger partial charge < -0.3 is 15.3 Å². The Morgan fingerprint density at radius 2 is 2.04 bits per heavy atom. The summed E-state index contributed by atoms with van der Waals surface area (Å²) in [7, 11) is 0. The first-order chi connectivity index (χ1) is 11.6. The molecule has 0 unspecified atom stereocenters. The molecule has 2 atom stereocenters. The molecule has 24 heavy (non-hydrogen) atoms. The summed E-state index contributed by atoms with van der Waals surface area (Å²) < 4.78 is 1.52. The van der Waals surface area contributed by atoms with E-state index in [4.69, 9.17) is 0 Å². The second kappa shape index (κ2) is 7.27. The van der Waals surface area contributed by atoms with Gasteiger partial charge in [0.25, 0.3) is 5.91 Å². The molecule has 0 aliphatic carbocycles. The van der Waals surface area contributed by atoms with Crippen LogP contribution < -0.4 is 5.32 Å². The monoisotopic (exact) mass is 328 g/mol. The van der Waals surface area contributed by atoms with Crippen LogP contribution in [0.2, 0.25) is 0 Å². The smallest absolute Gasteiger partial charge is 0.253 e. The van der Waals surface area contributed by atoms with Crippen LogP contribution in [0.5, 0.6) is 0 Å². The number of amides is 2. The zero-order valence-electron chi connectivity index (χ0n) is 13.2. The van der Waals surface area contributed by atoms with Gasteiger partial charge in [-0.15, -0.1) is 0 Å². The highest BCUT2D eigenvalue weighted by atomic mass is 16.3. The van der Waals surface area contributed by atoms with Crippen molar-refractivity contribution in [2.45, 2.75) is 25.1 Å². The van der Waals surface area contributed by atoms with Gasteiger partial charge in [0.1, 0.15) is 6.54 Å². The van der Waals surface area contributed by atoms with E-state index in [-0.39, 0.29) is 30.9 Å². The number of piperidine rings is 1. The minimum absolute atomic E-state index is 0.101. The van der Waals surface area contributed by atoms with Crippen molar-refractivity contribution >= 4 is 11.8 Å². The molecule has 2 amide bonds. The molecule has 7 nitrogen and oxygen atoms in total. The molecule has 1 aromatic heterocycles. The number of aromatic nitrogens is 2. The Hall–Kier alpha value is -2.67. The summed E-state index contributed by atoms with van der Waals surface area (Å²) in [4.78, 5) is 26.0. The largest absolute Gasteiger partial charge is 0.389 e. The number of carbonyl (C=O) groups excluding carboxylic acids is 2. The minimum Gasteiger partial charge on any atom is -0.389 e. The van der Waals surface area contributed by atoms with E-state index >= 15 is 0 Å². The molecular formula is C17H20N4O3. The molecule has 0 saturated carbocycles. The molecule has 2 aromatic rings. The zero-order valence-corrected chi connectivity index (χ0v) is 13.2. The van der Waals surface area contributed by atoms with E-state index in [2.05, 4.69) is 10.4 Å². The highest BCUT2D eigenvalue weighted by Gasteiger charge is 2.31. The van der Waals surface area contributed by atoms with Crippen LogP contribution in [-0.2, 0) is 11.3 Å². The Morgan fingerprint density at radius 3 is 2.71 bits per heavy atom. The van der Waals surface area contributed by atoms with Crippen molar-refractivity contribution in [3.05, 3.63) is 54.4 Å². The topological polar surface area (TPSA) is 87.5 Å². The summed E-state index contributed by atoms with van der Waals surface area (Å²) in [5, 5.41) is 17.1. The lowest BCUT2D eigenvalue weighted by atomic mass is 10.0. The van der Waals surface area contributed by atoms with Gasteiger partial charge in [-0.3, -0.25) is 14.3 Å². The molecular weight excluding hydrogens is 308 g/mol. The van der Waals surface area contributed by atoms with Crippen LogP contribution in [0.15, 0.2) is 48.8 Å². The molecule has 2 heterocycles. The second-order valence-corrected chi connectivity index (χ2v) is 5.85. The molecule has 0 bridgehead atoms. The molecule has 3 rings (SSSR count). The molecule has 1 aromatic carbocycles. The van der Waals surface area contributed by atoms with E-state index in [0.717, 1.165) is 0 Å². The van der Waals surface area contributed by atoms with Gasteiger partial charge in [0, 0.05) is 31.0 Å². The SMILES string of the molecule is O=C(Cn1cccn1)N[C@@H]1CCN(C(=O)c2ccccc2)C[C@H]1O. The molecule has 1 aliphatic rings. The minimum atomic E-state index is -0.784. The van der Waals surface area contributed by atoms with Gasteiger partial charge in [-0.25, -0.2) is 0 Å². The number of likely N-dealkylation sites (tertiary alicyclic amines) is 1. The highest BCUT2D eigenvalue weighted by molar-refractivity contribution is 5.94. The van der Waals surface area contributed by atoms with E-state index in [9.17, 15) is 14.7 Å². The van der Waals surface area contributed by atoms with Crippen molar-refractivity contribution in [2.24, 2.45) is 0 Å². The van der Waals surface area contributed by atoms with Gasteiger partial charge in [-0.05, 0) is 24.6 Å². The summed E-state index contributed by atoms with van der Waals surface area (Å²) >= 11 is 0. The molecule has 126 valence electrons. The lowest BCUT2D eigenvalue weighted by Gasteiger charge is -2.36. The maximum absolute atomic E-state index is 12.4. The second-order valence-electron chi connectivity index (χ2n) is 5.85. The lowest BCUT2D eigenvalue weighted by Crippen LogP contribution is -2.55. The third-order valence-electron chi connectivity index (χ3n) is 4.10. The fourth-order valence-electron chi connectivity index (χ4n) is 2.84. The van der Waals surface area contributed by atoms with E-state index in [1.54, 1.807) is 35.5 Å². The van der Waals surface area contributed by atoms with E-state index < -0.39 is 6.10 Å². The van der Waals surface area contributed by atoms with Crippen LogP contribution in [0.4, 0.5) is 0 Å². The first kappa shape index (κ1) is 16.2. The Labute approximate surface area is 139 Å². The fraction of sp³-hybridized carbons (Fsp3) is 0.353. The van der Waals surface area contributed by atoms with Crippen molar-refractivity contribution in [1.29, 1.82) is 0 Å². The number of nitrogens with zero attached hydrogens (tertiary/aromatic N) is 3. The molecule has 1 saturated heterocycles. The van der Waals surface area contributed by atoms with Crippen molar-refractivity contribution in [1.82, 2.24) is 20.0 Å². The standard InChI is InChI=1S/C17H20N4O3/c22-15-11-20(17(24)13-5-2-1-3-6-13)10-7-14(15)19-16(23)12-21-9-4-8-18-21/h1-6,8-9,14-15,22H,7,10-12H2,(H,19,23)/t14-,15-/m1/s1. The van der Waals surface area contributed by atoms with E-state index in [1.807, 2.05) is 18.2 Å². The van der Waals surface area contributed by atoms with Crippen LogP contribution in [0.25, 0.3) is 0 Å². The molecule has 7 heteroatoms. The number of nitrogens with one attached hydrogen (secondary N) is 1. The van der Waals surface area contributed by atoms with E-state index in [1.165, 1.54) is 4.68 Å². The average Bonchev–Trinajstić information content (AvgIpc) is 3.09. The zero-order chi connectivity index (χ0) is 16.9. The number of β-amino-alcohol motifs (C(OH)–C–C–N with tert-alkyl or cyclic N) is 1. The maximum Gasteiger partial charge on any atom is 0.253 e. The maximum atomic E-state index is 12.4. The average molecular weight is 328 g/mol. The fourth-order valence-corrected chi connectivity index (χ4v) is 2.84. The molecule has 0 radical (unpaired) electrons. The van der Waals surface area contributed by atoms with E-state index in [0.29, 0.717) is 18.5 Å². The van der Waals surface area contributed by atoms with Crippen molar-refractivity contribution in [3.63, 3.8) is 0 Å². The Bertz CT molecular complexity index is 687. The van der Waals surface area contributed by atoms with Crippen LogP contribution >= 0.6 is 0 Å². The number of aliphatic hydroxyl groups excluding tert-OH is 1. The van der Waals surface area contributed by atoms with Gasteiger partial charge in [-0.2, -0.15) is 5.10 Å². The van der Waals surface area contributed by atoms with Crippen LogP contribution in [-0.4, -0.2) is 56.8 Å². The van der Waals surface area contributed by atoms with Crippen LogP contribution in [0.1, 0.15) is 16.8 Å². The summed E-state index contributed by atoms with van der Waals surface area (Å²) in [6.45, 7) is 0.820. The Morgan fingerprint density at radius 1 is 1.25 bits per heavy atom. The Balaban J connectivity index is 1.53. The molecule has 2 N–H and O–H groups in total.